The molecule has 2 fully saturated rings. The molecular weight excluding hydrogens is 226 g/mol. The van der Waals surface area contributed by atoms with E-state index in [4.69, 9.17) is 9.84 Å². The number of aliphatic hydroxyl groups excluding tert-OH is 1. The Morgan fingerprint density at radius 2 is 1.89 bits per heavy atom. The zero-order chi connectivity index (χ0) is 13.0. The molecule has 3 nitrogen and oxygen atoms in total. The molecule has 1 heterocycles. The van der Waals surface area contributed by atoms with Crippen molar-refractivity contribution in [2.24, 2.45) is 5.92 Å². The Balaban J connectivity index is 1.91. The Hall–Kier alpha value is -0.120. The van der Waals surface area contributed by atoms with Crippen LogP contribution < -0.4 is 0 Å². The fraction of sp³-hybridized carbons (Fsp3) is 1.00. The number of likely N-dealkylation sites (tertiary alicyclic amines) is 1. The second-order valence-corrected chi connectivity index (χ2v) is 6.56. The zero-order valence-corrected chi connectivity index (χ0v) is 12.0. The van der Waals surface area contributed by atoms with Gasteiger partial charge in [0.1, 0.15) is 6.23 Å². The second kappa shape index (κ2) is 6.36. The lowest BCUT2D eigenvalue weighted by atomic mass is 9.88. The number of ether oxygens (including phenoxy) is 1. The number of hydrogen-bond acceptors (Lipinski definition) is 3. The SMILES string of the molecule is CC1(C)CC[C@H](OCCO)N1CC1CCCCC1. The Morgan fingerprint density at radius 1 is 1.17 bits per heavy atom. The number of nitrogens with zero attached hydrogens (tertiary/aromatic N) is 1. The van der Waals surface area contributed by atoms with Gasteiger partial charge in [0, 0.05) is 12.1 Å². The van der Waals surface area contributed by atoms with Gasteiger partial charge in [0.05, 0.1) is 13.2 Å². The first-order chi connectivity index (χ1) is 8.63. The second-order valence-electron chi connectivity index (χ2n) is 6.56. The third-order valence-electron chi connectivity index (χ3n) is 4.71. The summed E-state index contributed by atoms with van der Waals surface area (Å²) >= 11 is 0. The van der Waals surface area contributed by atoms with Gasteiger partial charge >= 0.3 is 0 Å². The van der Waals surface area contributed by atoms with Gasteiger partial charge in [0.15, 0.2) is 0 Å². The number of hydrogen-bond donors (Lipinski definition) is 1. The summed E-state index contributed by atoms with van der Waals surface area (Å²) in [5, 5.41) is 8.92. The van der Waals surface area contributed by atoms with Crippen LogP contribution in [0.3, 0.4) is 0 Å². The largest absolute Gasteiger partial charge is 0.394 e. The smallest absolute Gasteiger partial charge is 0.111 e. The molecule has 0 bridgehead atoms. The summed E-state index contributed by atoms with van der Waals surface area (Å²) in [5.74, 6) is 0.858. The number of aliphatic hydroxyl groups is 1. The van der Waals surface area contributed by atoms with Crippen molar-refractivity contribution in [2.45, 2.75) is 70.6 Å². The summed E-state index contributed by atoms with van der Waals surface area (Å²) in [7, 11) is 0. The van der Waals surface area contributed by atoms with Gasteiger partial charge in [-0.2, -0.15) is 0 Å². The lowest BCUT2D eigenvalue weighted by Crippen LogP contribution is -2.47. The Morgan fingerprint density at radius 3 is 2.56 bits per heavy atom. The molecule has 18 heavy (non-hydrogen) atoms. The van der Waals surface area contributed by atoms with E-state index >= 15 is 0 Å². The van der Waals surface area contributed by atoms with Crippen molar-refractivity contribution in [2.75, 3.05) is 19.8 Å². The molecule has 1 aliphatic carbocycles. The van der Waals surface area contributed by atoms with E-state index in [0.717, 1.165) is 12.3 Å². The lowest BCUT2D eigenvalue weighted by molar-refractivity contribution is -0.0797. The molecule has 0 unspecified atom stereocenters. The van der Waals surface area contributed by atoms with Crippen LogP contribution in [0.25, 0.3) is 0 Å². The van der Waals surface area contributed by atoms with Crippen molar-refractivity contribution in [3.05, 3.63) is 0 Å². The zero-order valence-electron chi connectivity index (χ0n) is 12.0. The topological polar surface area (TPSA) is 32.7 Å². The van der Waals surface area contributed by atoms with Crippen molar-refractivity contribution in [3.63, 3.8) is 0 Å². The lowest BCUT2D eigenvalue weighted by Gasteiger charge is -2.38. The highest BCUT2D eigenvalue weighted by Crippen LogP contribution is 2.36. The summed E-state index contributed by atoms with van der Waals surface area (Å²) in [5.41, 5.74) is 0.261. The molecule has 3 heteroatoms. The minimum atomic E-state index is 0.133. The Kier molecular flexibility index (Phi) is 5.05. The van der Waals surface area contributed by atoms with Gasteiger partial charge in [-0.05, 0) is 45.4 Å². The molecule has 0 aromatic carbocycles. The van der Waals surface area contributed by atoms with E-state index in [1.165, 1.54) is 45.1 Å². The first-order valence-electron chi connectivity index (χ1n) is 7.63. The Bertz CT molecular complexity index is 249. The molecule has 0 aromatic rings. The van der Waals surface area contributed by atoms with Gasteiger partial charge in [-0.3, -0.25) is 4.90 Å². The molecule has 106 valence electrons. The van der Waals surface area contributed by atoms with Crippen LogP contribution in [0.4, 0.5) is 0 Å². The van der Waals surface area contributed by atoms with Crippen LogP contribution in [0.2, 0.25) is 0 Å². The molecule has 2 rings (SSSR count). The highest BCUT2D eigenvalue weighted by molar-refractivity contribution is 4.92. The first-order valence-corrected chi connectivity index (χ1v) is 7.63. The molecular formula is C15H29NO2. The summed E-state index contributed by atoms with van der Waals surface area (Å²) < 4.78 is 5.82. The average molecular weight is 255 g/mol. The molecule has 0 spiro atoms. The summed E-state index contributed by atoms with van der Waals surface area (Å²) in [6.45, 7) is 6.45. The van der Waals surface area contributed by atoms with E-state index in [1.807, 2.05) is 0 Å². The average Bonchev–Trinajstić information content (AvgIpc) is 2.64. The summed E-state index contributed by atoms with van der Waals surface area (Å²) in [4.78, 5) is 2.55. The molecule has 0 radical (unpaired) electrons. The predicted molar refractivity (Wildman–Crippen MR) is 73.4 cm³/mol. The fourth-order valence-corrected chi connectivity index (χ4v) is 3.54. The van der Waals surface area contributed by atoms with Gasteiger partial charge in [0.2, 0.25) is 0 Å². The monoisotopic (exact) mass is 255 g/mol. The molecule has 1 N–H and O–H groups in total. The van der Waals surface area contributed by atoms with Crippen molar-refractivity contribution in [3.8, 4) is 0 Å². The maximum absolute atomic E-state index is 8.92. The molecule has 2 aliphatic rings. The van der Waals surface area contributed by atoms with Crippen molar-refractivity contribution in [1.29, 1.82) is 0 Å². The van der Waals surface area contributed by atoms with Crippen LogP contribution >= 0.6 is 0 Å². The maximum Gasteiger partial charge on any atom is 0.111 e. The van der Waals surface area contributed by atoms with E-state index in [-0.39, 0.29) is 18.4 Å². The van der Waals surface area contributed by atoms with E-state index < -0.39 is 0 Å². The molecule has 0 amide bonds. The predicted octanol–water partition coefficient (Wildman–Crippen LogP) is 2.78. The van der Waals surface area contributed by atoms with Crippen LogP contribution in [0.1, 0.15) is 58.8 Å². The standard InChI is InChI=1S/C15H29NO2/c1-15(2)9-8-14(18-11-10-17)16(15)12-13-6-4-3-5-7-13/h13-14,17H,3-12H2,1-2H3/t14-/m0/s1. The van der Waals surface area contributed by atoms with Crippen LogP contribution in [0, 0.1) is 5.92 Å². The van der Waals surface area contributed by atoms with E-state index in [9.17, 15) is 0 Å². The third-order valence-corrected chi connectivity index (χ3v) is 4.71. The maximum atomic E-state index is 8.92. The molecule has 0 aromatic heterocycles. The minimum Gasteiger partial charge on any atom is -0.394 e. The normalized spacial score (nSPS) is 29.8. The molecule has 1 aliphatic heterocycles. The molecule has 1 saturated carbocycles. The van der Waals surface area contributed by atoms with E-state index in [2.05, 4.69) is 18.7 Å². The van der Waals surface area contributed by atoms with Crippen LogP contribution in [-0.2, 0) is 4.74 Å². The van der Waals surface area contributed by atoms with Crippen LogP contribution in [-0.4, -0.2) is 41.5 Å². The quantitative estimate of drug-likeness (QED) is 0.820. The fourth-order valence-electron chi connectivity index (χ4n) is 3.54. The third kappa shape index (κ3) is 3.46. The summed E-state index contributed by atoms with van der Waals surface area (Å²) in [6.07, 6.45) is 9.55. The highest BCUT2D eigenvalue weighted by atomic mass is 16.5. The van der Waals surface area contributed by atoms with Gasteiger partial charge in [-0.25, -0.2) is 0 Å². The summed E-state index contributed by atoms with van der Waals surface area (Å²) in [6, 6.07) is 0. The van der Waals surface area contributed by atoms with Gasteiger partial charge < -0.3 is 9.84 Å². The number of rotatable bonds is 5. The van der Waals surface area contributed by atoms with E-state index in [1.54, 1.807) is 0 Å². The Labute approximate surface area is 112 Å². The van der Waals surface area contributed by atoms with Gasteiger partial charge in [-0.15, -0.1) is 0 Å². The highest BCUT2D eigenvalue weighted by Gasteiger charge is 2.40. The van der Waals surface area contributed by atoms with Gasteiger partial charge in [0.25, 0.3) is 0 Å². The van der Waals surface area contributed by atoms with Gasteiger partial charge in [-0.1, -0.05) is 19.3 Å². The minimum absolute atomic E-state index is 0.133. The van der Waals surface area contributed by atoms with Crippen LogP contribution in [0.15, 0.2) is 0 Å². The molecule has 1 saturated heterocycles. The molecule has 1 atom stereocenters. The first kappa shape index (κ1) is 14.3. The van der Waals surface area contributed by atoms with Crippen molar-refractivity contribution < 1.29 is 9.84 Å². The van der Waals surface area contributed by atoms with E-state index in [0.29, 0.717) is 6.61 Å². The van der Waals surface area contributed by atoms with Crippen molar-refractivity contribution >= 4 is 0 Å². The van der Waals surface area contributed by atoms with Crippen LogP contribution in [0.5, 0.6) is 0 Å². The van der Waals surface area contributed by atoms with Crippen molar-refractivity contribution in [1.82, 2.24) is 4.90 Å².